The number of benzene rings is 2. The molecular weight excluding hydrogens is 344 g/mol. The lowest BCUT2D eigenvalue weighted by molar-refractivity contribution is -0.401. The summed E-state index contributed by atoms with van der Waals surface area (Å²) in [6, 6.07) is 9.22. The molecule has 0 amide bonds. The van der Waals surface area contributed by atoms with Gasteiger partial charge in [-0.25, -0.2) is 0 Å². The molecule has 10 nitrogen and oxygen atoms in total. The molecule has 0 unspecified atom stereocenters. The van der Waals surface area contributed by atoms with Gasteiger partial charge in [0.25, 0.3) is 5.69 Å². The summed E-state index contributed by atoms with van der Waals surface area (Å²) in [5.41, 5.74) is 4.25. The summed E-state index contributed by atoms with van der Waals surface area (Å²) < 4.78 is 0. The Morgan fingerprint density at radius 3 is 1.35 bits per heavy atom. The first-order chi connectivity index (χ1) is 12.2. The molecule has 0 heterocycles. The van der Waals surface area contributed by atoms with Crippen molar-refractivity contribution in [2.24, 2.45) is 0 Å². The maximum atomic E-state index is 10.5. The third kappa shape index (κ3) is 4.96. The van der Waals surface area contributed by atoms with E-state index in [4.69, 9.17) is 5.73 Å². The monoisotopic (exact) mass is 358 g/mol. The molecule has 26 heavy (non-hydrogen) atoms. The average Bonchev–Trinajstić information content (AvgIpc) is 2.61. The van der Waals surface area contributed by atoms with E-state index in [-0.39, 0.29) is 0 Å². The largest absolute Gasteiger partial charge is 0.387 e. The van der Waals surface area contributed by atoms with Crippen molar-refractivity contribution in [3.05, 3.63) is 91.0 Å². The third-order valence-corrected chi connectivity index (χ3v) is 3.13. The molecule has 2 rings (SSSR count). The second-order valence-corrected chi connectivity index (χ2v) is 4.74. The standard InChI is InChI=1S/C10H10.C6H4N4O6/c1-3-9-5-7-10(4-2)8-6-9;7-6-4(9(13)14)1-3(8(11)12)2-5(6)10(15)16/h3-8H,1-2H2;1-2H,7H2. The zero-order chi connectivity index (χ0) is 19.9. The highest BCUT2D eigenvalue weighted by atomic mass is 16.6. The van der Waals surface area contributed by atoms with Gasteiger partial charge in [-0.05, 0) is 11.1 Å². The van der Waals surface area contributed by atoms with Gasteiger partial charge in [0.2, 0.25) is 0 Å². The van der Waals surface area contributed by atoms with Crippen LogP contribution in [0.5, 0.6) is 0 Å². The van der Waals surface area contributed by atoms with Gasteiger partial charge in [-0.3, -0.25) is 30.3 Å². The topological polar surface area (TPSA) is 155 Å². The number of nitrogens with two attached hydrogens (primary N) is 1. The van der Waals surface area contributed by atoms with Crippen LogP contribution in [0, 0.1) is 30.3 Å². The minimum absolute atomic E-state index is 0.572. The van der Waals surface area contributed by atoms with Gasteiger partial charge in [0, 0.05) is 0 Å². The lowest BCUT2D eigenvalue weighted by atomic mass is 10.1. The number of non-ortho nitro benzene ring substituents is 1. The summed E-state index contributed by atoms with van der Waals surface area (Å²) in [6.07, 6.45) is 3.65. The van der Waals surface area contributed by atoms with Gasteiger partial charge >= 0.3 is 11.4 Å². The molecule has 0 radical (unpaired) electrons. The van der Waals surface area contributed by atoms with Crippen LogP contribution in [-0.2, 0) is 0 Å². The first kappa shape index (κ1) is 20.0. The third-order valence-electron chi connectivity index (χ3n) is 3.13. The van der Waals surface area contributed by atoms with E-state index in [1.807, 2.05) is 36.4 Å². The fourth-order valence-electron chi connectivity index (χ4n) is 1.78. The molecule has 0 spiro atoms. The summed E-state index contributed by atoms with van der Waals surface area (Å²) in [6.45, 7) is 7.32. The Hall–Kier alpha value is -4.08. The van der Waals surface area contributed by atoms with Crippen molar-refractivity contribution in [1.82, 2.24) is 0 Å². The van der Waals surface area contributed by atoms with E-state index in [2.05, 4.69) is 13.2 Å². The number of hydrogen-bond acceptors (Lipinski definition) is 7. The van der Waals surface area contributed by atoms with Crippen LogP contribution in [0.2, 0.25) is 0 Å². The van der Waals surface area contributed by atoms with Crippen LogP contribution in [0.4, 0.5) is 22.7 Å². The Labute approximate surface area is 147 Å². The Morgan fingerprint density at radius 1 is 0.769 bits per heavy atom. The molecule has 0 aliphatic carbocycles. The number of nitro benzene ring substituents is 3. The van der Waals surface area contributed by atoms with Gasteiger partial charge in [-0.15, -0.1) is 0 Å². The molecule has 0 saturated heterocycles. The fourth-order valence-corrected chi connectivity index (χ4v) is 1.78. The van der Waals surface area contributed by atoms with Crippen LogP contribution in [0.15, 0.2) is 49.6 Å². The Morgan fingerprint density at radius 2 is 1.12 bits per heavy atom. The number of anilines is 1. The normalized spacial score (nSPS) is 9.38. The summed E-state index contributed by atoms with van der Waals surface area (Å²) in [5.74, 6) is 0. The van der Waals surface area contributed by atoms with E-state index in [0.717, 1.165) is 11.1 Å². The van der Waals surface area contributed by atoms with E-state index >= 15 is 0 Å². The summed E-state index contributed by atoms with van der Waals surface area (Å²) in [7, 11) is 0. The molecule has 2 aromatic carbocycles. The van der Waals surface area contributed by atoms with Crippen LogP contribution in [0.25, 0.3) is 12.2 Å². The lowest BCUT2D eigenvalue weighted by Crippen LogP contribution is -2.02. The Balaban J connectivity index is 0.000000289. The predicted molar refractivity (Wildman–Crippen MR) is 97.4 cm³/mol. The first-order valence-corrected chi connectivity index (χ1v) is 6.92. The Bertz CT molecular complexity index is 815. The Kier molecular flexibility index (Phi) is 6.67. The second-order valence-electron chi connectivity index (χ2n) is 4.74. The molecule has 0 atom stereocenters. The fraction of sp³-hybridized carbons (Fsp3) is 0. The van der Waals surface area contributed by atoms with Crippen molar-refractivity contribution in [2.75, 3.05) is 5.73 Å². The highest BCUT2D eigenvalue weighted by Crippen LogP contribution is 2.35. The van der Waals surface area contributed by atoms with E-state index in [0.29, 0.717) is 12.1 Å². The van der Waals surface area contributed by atoms with E-state index in [1.54, 1.807) is 0 Å². The molecule has 0 aliphatic heterocycles. The van der Waals surface area contributed by atoms with Crippen molar-refractivity contribution < 1.29 is 14.8 Å². The number of nitro groups is 3. The summed E-state index contributed by atoms with van der Waals surface area (Å²) in [5, 5.41) is 31.3. The van der Waals surface area contributed by atoms with Gasteiger partial charge in [-0.2, -0.15) is 0 Å². The molecule has 2 aromatic rings. The number of hydrogen-bond donors (Lipinski definition) is 1. The lowest BCUT2D eigenvalue weighted by Gasteiger charge is -1.98. The minimum atomic E-state index is -1.02. The van der Waals surface area contributed by atoms with E-state index in [9.17, 15) is 30.3 Å². The summed E-state index contributed by atoms with van der Waals surface area (Å²) >= 11 is 0. The minimum Gasteiger partial charge on any atom is -0.387 e. The number of nitrogen functional groups attached to an aromatic ring is 1. The van der Waals surface area contributed by atoms with Crippen molar-refractivity contribution in [3.63, 3.8) is 0 Å². The van der Waals surface area contributed by atoms with Crippen LogP contribution in [-0.4, -0.2) is 14.8 Å². The van der Waals surface area contributed by atoms with Crippen molar-refractivity contribution in [2.45, 2.75) is 0 Å². The maximum Gasteiger partial charge on any atom is 0.306 e. The highest BCUT2D eigenvalue weighted by molar-refractivity contribution is 5.74. The molecule has 134 valence electrons. The number of rotatable bonds is 5. The smallest absolute Gasteiger partial charge is 0.306 e. The predicted octanol–water partition coefficient (Wildman–Crippen LogP) is 3.97. The van der Waals surface area contributed by atoms with Crippen LogP contribution in [0.1, 0.15) is 11.1 Å². The molecule has 0 fully saturated rings. The molecule has 0 aromatic heterocycles. The quantitative estimate of drug-likeness (QED) is 0.481. The first-order valence-electron chi connectivity index (χ1n) is 6.92. The van der Waals surface area contributed by atoms with Gasteiger partial charge < -0.3 is 5.73 Å². The van der Waals surface area contributed by atoms with E-state index in [1.165, 1.54) is 0 Å². The molecule has 0 saturated carbocycles. The zero-order valence-corrected chi connectivity index (χ0v) is 13.4. The van der Waals surface area contributed by atoms with Crippen LogP contribution in [0.3, 0.4) is 0 Å². The van der Waals surface area contributed by atoms with Gasteiger partial charge in [0.05, 0.1) is 26.9 Å². The van der Waals surface area contributed by atoms with Crippen molar-refractivity contribution in [3.8, 4) is 0 Å². The average molecular weight is 358 g/mol. The van der Waals surface area contributed by atoms with Crippen LogP contribution >= 0.6 is 0 Å². The summed E-state index contributed by atoms with van der Waals surface area (Å²) in [4.78, 5) is 28.3. The van der Waals surface area contributed by atoms with E-state index < -0.39 is 37.5 Å². The van der Waals surface area contributed by atoms with Gasteiger partial charge in [-0.1, -0.05) is 49.6 Å². The molecule has 0 aliphatic rings. The maximum absolute atomic E-state index is 10.5. The number of nitrogens with zero attached hydrogens (tertiary/aromatic N) is 3. The van der Waals surface area contributed by atoms with Crippen molar-refractivity contribution in [1.29, 1.82) is 0 Å². The second kappa shape index (κ2) is 8.68. The van der Waals surface area contributed by atoms with Gasteiger partial charge in [0.1, 0.15) is 0 Å². The SMILES string of the molecule is C=Cc1ccc(C=C)cc1.Nc1c([N+](=O)[O-])cc([N+](=O)[O-])cc1[N+](=O)[O-]. The van der Waals surface area contributed by atoms with Crippen LogP contribution < -0.4 is 5.73 Å². The highest BCUT2D eigenvalue weighted by Gasteiger charge is 2.28. The molecular formula is C16H14N4O6. The molecule has 2 N–H and O–H groups in total. The van der Waals surface area contributed by atoms with Crippen molar-refractivity contribution >= 4 is 34.9 Å². The molecule has 0 bridgehead atoms. The van der Waals surface area contributed by atoms with Gasteiger partial charge in [0.15, 0.2) is 5.69 Å². The zero-order valence-electron chi connectivity index (χ0n) is 13.4. The molecule has 10 heteroatoms.